The molecule has 1 saturated carbocycles. The van der Waals surface area contributed by atoms with Gasteiger partial charge in [-0.05, 0) is 37.9 Å². The third-order valence-corrected chi connectivity index (χ3v) is 9.31. The molecule has 272 valence electrons. The van der Waals surface area contributed by atoms with Crippen molar-refractivity contribution in [2.75, 3.05) is 93.1 Å². The predicted octanol–water partition coefficient (Wildman–Crippen LogP) is 1.56. The van der Waals surface area contributed by atoms with E-state index >= 15 is 0 Å². The maximum atomic E-state index is 14.1. The summed E-state index contributed by atoms with van der Waals surface area (Å²) in [6.07, 6.45) is 5.68. The maximum absolute atomic E-state index is 14.1. The number of carbonyl (C=O) groups excluding carboxylic acids is 4. The van der Waals surface area contributed by atoms with E-state index in [1.165, 1.54) is 13.3 Å². The summed E-state index contributed by atoms with van der Waals surface area (Å²) in [5.74, 6) is 0.365. The number of likely N-dealkylation sites (N-methyl/N-ethyl adjacent to an activating group) is 1. The first-order chi connectivity index (χ1) is 23.8. The standard InChI is InChI=1S/C35H54N6O8/c1-25(42)37-12-18-47-20-22-49-23-21-48-19-13-38-33(43)30-28-11-10-27(46-4)24-29(28)39(3)32(30)35(45)41-16-14-40(15-17-41)34(44)31(36-2)26-8-6-5-7-9-26/h10-11,24,26,31,36H,5-9,12-23H2,1-4H3,(H,37,42)(H,38,43). The molecular weight excluding hydrogens is 632 g/mol. The Morgan fingerprint density at radius 3 is 2.02 bits per heavy atom. The highest BCUT2D eigenvalue weighted by Crippen LogP contribution is 2.31. The van der Waals surface area contributed by atoms with E-state index in [9.17, 15) is 19.2 Å². The van der Waals surface area contributed by atoms with Crippen LogP contribution in [0.4, 0.5) is 0 Å². The number of benzene rings is 1. The normalized spacial score (nSPS) is 16.1. The molecule has 2 fully saturated rings. The summed E-state index contributed by atoms with van der Waals surface area (Å²) in [4.78, 5) is 55.7. The van der Waals surface area contributed by atoms with Gasteiger partial charge in [0.25, 0.3) is 11.8 Å². The number of fused-ring (bicyclic) bond motifs is 1. The SMILES string of the molecule is CNC(C(=O)N1CCN(C(=O)c2c(C(=O)NCCOCCOCCOCCNC(C)=O)c3ccc(OC)cc3n2C)CC1)C1CCCCC1. The highest BCUT2D eigenvalue weighted by Gasteiger charge is 2.35. The van der Waals surface area contributed by atoms with Gasteiger partial charge in [0.15, 0.2) is 0 Å². The molecular formula is C35H54N6O8. The van der Waals surface area contributed by atoms with Gasteiger partial charge in [0.1, 0.15) is 11.4 Å². The minimum atomic E-state index is -0.367. The first kappa shape index (κ1) is 38.1. The third kappa shape index (κ3) is 10.4. The van der Waals surface area contributed by atoms with Gasteiger partial charge in [-0.25, -0.2) is 0 Å². The van der Waals surface area contributed by atoms with Crippen molar-refractivity contribution in [3.8, 4) is 5.75 Å². The van der Waals surface area contributed by atoms with Gasteiger partial charge in [-0.2, -0.15) is 0 Å². The predicted molar refractivity (Wildman–Crippen MR) is 185 cm³/mol. The fraction of sp³-hybridized carbons (Fsp3) is 0.657. The van der Waals surface area contributed by atoms with Crippen LogP contribution >= 0.6 is 0 Å². The third-order valence-electron chi connectivity index (χ3n) is 9.31. The van der Waals surface area contributed by atoms with Gasteiger partial charge in [-0.1, -0.05) is 19.3 Å². The number of aromatic nitrogens is 1. The van der Waals surface area contributed by atoms with Crippen molar-refractivity contribution in [2.45, 2.75) is 45.1 Å². The molecule has 1 aliphatic heterocycles. The summed E-state index contributed by atoms with van der Waals surface area (Å²) < 4.78 is 23.7. The molecule has 1 aliphatic carbocycles. The lowest BCUT2D eigenvalue weighted by Gasteiger charge is -2.38. The van der Waals surface area contributed by atoms with Crippen LogP contribution in [-0.4, -0.2) is 137 Å². The fourth-order valence-electron chi connectivity index (χ4n) is 6.69. The Hall–Kier alpha value is -3.72. The Kier molecular flexibility index (Phi) is 15.1. The molecule has 14 nitrogen and oxygen atoms in total. The van der Waals surface area contributed by atoms with Gasteiger partial charge in [-0.15, -0.1) is 0 Å². The second kappa shape index (κ2) is 19.5. The molecule has 0 radical (unpaired) electrons. The average Bonchev–Trinajstić information content (AvgIpc) is 3.41. The summed E-state index contributed by atoms with van der Waals surface area (Å²) in [6.45, 7) is 6.08. The molecule has 1 unspecified atom stereocenters. The minimum absolute atomic E-state index is 0.0910. The number of ether oxygens (including phenoxy) is 4. The second-order valence-electron chi connectivity index (χ2n) is 12.5. The van der Waals surface area contributed by atoms with E-state index < -0.39 is 0 Å². The zero-order valence-electron chi connectivity index (χ0n) is 29.5. The van der Waals surface area contributed by atoms with E-state index in [1.807, 2.05) is 18.0 Å². The number of piperazine rings is 1. The zero-order valence-corrected chi connectivity index (χ0v) is 29.5. The minimum Gasteiger partial charge on any atom is -0.497 e. The Balaban J connectivity index is 1.31. The van der Waals surface area contributed by atoms with Gasteiger partial charge in [0, 0.05) is 64.7 Å². The van der Waals surface area contributed by atoms with Gasteiger partial charge >= 0.3 is 0 Å². The molecule has 49 heavy (non-hydrogen) atoms. The molecule has 0 bridgehead atoms. The highest BCUT2D eigenvalue weighted by molar-refractivity contribution is 6.16. The quantitative estimate of drug-likeness (QED) is 0.199. The molecule has 2 aliphatic rings. The second-order valence-corrected chi connectivity index (χ2v) is 12.5. The van der Waals surface area contributed by atoms with Gasteiger partial charge in [0.05, 0.1) is 63.9 Å². The van der Waals surface area contributed by atoms with Gasteiger partial charge in [0.2, 0.25) is 11.8 Å². The van der Waals surface area contributed by atoms with Gasteiger partial charge in [-0.3, -0.25) is 19.2 Å². The first-order valence-corrected chi connectivity index (χ1v) is 17.4. The molecule has 1 aromatic heterocycles. The molecule has 14 heteroatoms. The molecule has 1 atom stereocenters. The summed E-state index contributed by atoms with van der Waals surface area (Å²) in [5, 5.41) is 9.49. The van der Waals surface area contributed by atoms with Crippen molar-refractivity contribution in [3.63, 3.8) is 0 Å². The molecule has 4 amide bonds. The number of aryl methyl sites for hydroxylation is 1. The lowest BCUT2D eigenvalue weighted by atomic mass is 9.83. The zero-order chi connectivity index (χ0) is 35.2. The number of rotatable bonds is 18. The summed E-state index contributed by atoms with van der Waals surface area (Å²) in [6, 6.07) is 5.20. The number of nitrogens with zero attached hydrogens (tertiary/aromatic N) is 3. The molecule has 4 rings (SSSR count). The van der Waals surface area contributed by atoms with Crippen LogP contribution < -0.4 is 20.7 Å². The van der Waals surface area contributed by atoms with E-state index in [1.54, 1.807) is 35.8 Å². The van der Waals surface area contributed by atoms with Crippen LogP contribution in [0.15, 0.2) is 18.2 Å². The monoisotopic (exact) mass is 686 g/mol. The van der Waals surface area contributed by atoms with Crippen LogP contribution in [0.1, 0.15) is 59.9 Å². The fourth-order valence-corrected chi connectivity index (χ4v) is 6.69. The molecule has 3 N–H and O–H groups in total. The maximum Gasteiger partial charge on any atom is 0.271 e. The van der Waals surface area contributed by atoms with Crippen LogP contribution in [-0.2, 0) is 30.8 Å². The smallest absolute Gasteiger partial charge is 0.271 e. The topological polar surface area (TPSA) is 153 Å². The van der Waals surface area contributed by atoms with Crippen molar-refractivity contribution < 1.29 is 38.1 Å². The van der Waals surface area contributed by atoms with Crippen LogP contribution in [0.2, 0.25) is 0 Å². The molecule has 2 heterocycles. The number of carbonyl (C=O) groups is 4. The average molecular weight is 687 g/mol. The molecule has 1 saturated heterocycles. The molecule has 0 spiro atoms. The van der Waals surface area contributed by atoms with E-state index in [-0.39, 0.29) is 42.8 Å². The number of hydrogen-bond donors (Lipinski definition) is 3. The van der Waals surface area contributed by atoms with Crippen LogP contribution in [0, 0.1) is 5.92 Å². The van der Waals surface area contributed by atoms with Crippen LogP contribution in [0.5, 0.6) is 5.75 Å². The Morgan fingerprint density at radius 1 is 0.837 bits per heavy atom. The molecule has 2 aromatic rings. The lowest BCUT2D eigenvalue weighted by molar-refractivity contribution is -0.136. The summed E-state index contributed by atoms with van der Waals surface area (Å²) in [7, 11) is 5.22. The number of amides is 4. The van der Waals surface area contributed by atoms with E-state index in [2.05, 4.69) is 16.0 Å². The van der Waals surface area contributed by atoms with E-state index in [0.717, 1.165) is 25.7 Å². The van der Waals surface area contributed by atoms with Crippen LogP contribution in [0.25, 0.3) is 10.9 Å². The number of nitrogens with one attached hydrogen (secondary N) is 3. The van der Waals surface area contributed by atoms with Crippen molar-refractivity contribution >= 4 is 34.5 Å². The summed E-state index contributed by atoms with van der Waals surface area (Å²) >= 11 is 0. The van der Waals surface area contributed by atoms with E-state index in [0.29, 0.717) is 99.6 Å². The Labute approximate surface area is 289 Å². The number of methoxy groups -OCH3 is 1. The first-order valence-electron chi connectivity index (χ1n) is 17.4. The highest BCUT2D eigenvalue weighted by atomic mass is 16.5. The van der Waals surface area contributed by atoms with Crippen molar-refractivity contribution in [3.05, 3.63) is 29.5 Å². The largest absolute Gasteiger partial charge is 0.497 e. The van der Waals surface area contributed by atoms with E-state index in [4.69, 9.17) is 18.9 Å². The van der Waals surface area contributed by atoms with Gasteiger partial charge < -0.3 is 49.3 Å². The number of hydrogen-bond acceptors (Lipinski definition) is 9. The van der Waals surface area contributed by atoms with Crippen molar-refractivity contribution in [1.29, 1.82) is 0 Å². The van der Waals surface area contributed by atoms with Crippen LogP contribution in [0.3, 0.4) is 0 Å². The molecule has 1 aromatic carbocycles. The Bertz CT molecular complexity index is 1400. The Morgan fingerprint density at radius 2 is 1.43 bits per heavy atom. The van der Waals surface area contributed by atoms with Crippen molar-refractivity contribution in [1.82, 2.24) is 30.3 Å². The summed E-state index contributed by atoms with van der Waals surface area (Å²) in [5.41, 5.74) is 1.31. The van der Waals surface area contributed by atoms with Crippen molar-refractivity contribution in [2.24, 2.45) is 13.0 Å². The lowest BCUT2D eigenvalue weighted by Crippen LogP contribution is -2.56.